The molecule has 1 amide bonds. The average Bonchev–Trinajstić information content (AvgIpc) is 3.29. The van der Waals surface area contributed by atoms with Gasteiger partial charge in [0.1, 0.15) is 0 Å². The lowest BCUT2D eigenvalue weighted by Crippen LogP contribution is -2.56. The Kier molecular flexibility index (Phi) is 6.65. The Hall–Kier alpha value is -1.43. The van der Waals surface area contributed by atoms with Crippen LogP contribution in [0.3, 0.4) is 0 Å². The van der Waals surface area contributed by atoms with Crippen LogP contribution in [0, 0.1) is 5.92 Å². The van der Waals surface area contributed by atoms with Crippen molar-refractivity contribution in [2.75, 3.05) is 40.0 Å². The minimum Gasteiger partial charge on any atom is -0.384 e. The predicted molar refractivity (Wildman–Crippen MR) is 109 cm³/mol. The van der Waals surface area contributed by atoms with Gasteiger partial charge in [-0.05, 0) is 37.2 Å². The van der Waals surface area contributed by atoms with Gasteiger partial charge >= 0.3 is 0 Å². The summed E-state index contributed by atoms with van der Waals surface area (Å²) in [7, 11) is 1.76. The molecule has 1 aliphatic carbocycles. The van der Waals surface area contributed by atoms with E-state index >= 15 is 0 Å². The van der Waals surface area contributed by atoms with E-state index in [1.165, 1.54) is 31.2 Å². The lowest BCUT2D eigenvalue weighted by molar-refractivity contribution is -0.160. The van der Waals surface area contributed by atoms with E-state index in [9.17, 15) is 4.79 Å². The Balaban J connectivity index is 1.52. The van der Waals surface area contributed by atoms with E-state index in [1.54, 1.807) is 7.11 Å². The van der Waals surface area contributed by atoms with Gasteiger partial charge in [0, 0.05) is 39.4 Å². The maximum Gasteiger partial charge on any atom is 0.253 e. The molecule has 0 radical (unpaired) electrons. The molecule has 28 heavy (non-hydrogen) atoms. The van der Waals surface area contributed by atoms with E-state index < -0.39 is 6.10 Å². The Bertz CT molecular complexity index is 624. The molecule has 4 rings (SSSR count). The average molecular weight is 387 g/mol. The quantitative estimate of drug-likeness (QED) is 0.779. The van der Waals surface area contributed by atoms with Gasteiger partial charge in [-0.3, -0.25) is 9.69 Å². The number of carbonyl (C=O) groups is 1. The van der Waals surface area contributed by atoms with Crippen molar-refractivity contribution in [3.63, 3.8) is 0 Å². The van der Waals surface area contributed by atoms with Crippen molar-refractivity contribution in [1.29, 1.82) is 0 Å². The van der Waals surface area contributed by atoms with E-state index in [4.69, 9.17) is 9.47 Å². The number of carbonyl (C=O) groups excluding carboxylic acids is 1. The van der Waals surface area contributed by atoms with Crippen LogP contribution >= 0.6 is 0 Å². The molecule has 0 unspecified atom stereocenters. The molecule has 3 aliphatic rings. The summed E-state index contributed by atoms with van der Waals surface area (Å²) in [6, 6.07) is 11.1. The zero-order chi connectivity index (χ0) is 19.3. The molecule has 5 nitrogen and oxygen atoms in total. The standard InChI is InChI=1S/C23H34N2O3/c1-27-17-18-11-13-24(14-12-18)23(26)22-21(19-7-3-2-4-8-19)25(15-16-28-22)20-9-5-6-10-20/h2-4,7-8,18,20-22H,5-6,9-17H2,1H3/t21-,22+/m0/s1. The zero-order valence-corrected chi connectivity index (χ0v) is 17.1. The van der Waals surface area contributed by atoms with Crippen LogP contribution in [0.4, 0.5) is 0 Å². The summed E-state index contributed by atoms with van der Waals surface area (Å²) in [5, 5.41) is 0. The van der Waals surface area contributed by atoms with Gasteiger partial charge in [0.25, 0.3) is 5.91 Å². The second-order valence-electron chi connectivity index (χ2n) is 8.55. The molecule has 1 aromatic carbocycles. The first-order valence-corrected chi connectivity index (χ1v) is 11.0. The van der Waals surface area contributed by atoms with Crippen LogP contribution < -0.4 is 0 Å². The highest BCUT2D eigenvalue weighted by atomic mass is 16.5. The number of rotatable bonds is 5. The van der Waals surface area contributed by atoms with Gasteiger partial charge in [-0.25, -0.2) is 0 Å². The lowest BCUT2D eigenvalue weighted by atomic mass is 9.93. The first kappa shape index (κ1) is 19.9. The summed E-state index contributed by atoms with van der Waals surface area (Å²) in [5.41, 5.74) is 1.21. The molecule has 2 heterocycles. The fraction of sp³-hybridized carbons (Fsp3) is 0.696. The van der Waals surface area contributed by atoms with Crippen LogP contribution in [-0.2, 0) is 14.3 Å². The molecule has 2 atom stereocenters. The molecular weight excluding hydrogens is 352 g/mol. The van der Waals surface area contributed by atoms with Gasteiger partial charge in [0.15, 0.2) is 6.10 Å². The third-order valence-corrected chi connectivity index (χ3v) is 6.80. The first-order valence-electron chi connectivity index (χ1n) is 11.0. The third-order valence-electron chi connectivity index (χ3n) is 6.80. The number of hydrogen-bond donors (Lipinski definition) is 0. The number of nitrogens with zero attached hydrogens (tertiary/aromatic N) is 2. The molecule has 154 valence electrons. The Morgan fingerprint density at radius 3 is 2.46 bits per heavy atom. The Morgan fingerprint density at radius 2 is 1.79 bits per heavy atom. The number of piperidine rings is 1. The summed E-state index contributed by atoms with van der Waals surface area (Å²) in [6.07, 6.45) is 6.74. The van der Waals surface area contributed by atoms with Crippen LogP contribution in [0.15, 0.2) is 30.3 Å². The number of methoxy groups -OCH3 is 1. The normalized spacial score (nSPS) is 28.0. The summed E-state index contributed by atoms with van der Waals surface area (Å²) in [5.74, 6) is 0.744. The smallest absolute Gasteiger partial charge is 0.253 e. The van der Waals surface area contributed by atoms with Crippen molar-refractivity contribution in [3.8, 4) is 0 Å². The summed E-state index contributed by atoms with van der Waals surface area (Å²) >= 11 is 0. The molecule has 0 bridgehead atoms. The highest BCUT2D eigenvalue weighted by molar-refractivity contribution is 5.82. The number of benzene rings is 1. The second kappa shape index (κ2) is 9.38. The van der Waals surface area contributed by atoms with Crippen molar-refractivity contribution in [1.82, 2.24) is 9.80 Å². The minimum absolute atomic E-state index is 0.0299. The fourth-order valence-electron chi connectivity index (χ4n) is 5.29. The third kappa shape index (κ3) is 4.27. The molecule has 2 aliphatic heterocycles. The number of ether oxygens (including phenoxy) is 2. The monoisotopic (exact) mass is 386 g/mol. The van der Waals surface area contributed by atoms with E-state index in [1.807, 2.05) is 11.0 Å². The van der Waals surface area contributed by atoms with Gasteiger partial charge in [-0.15, -0.1) is 0 Å². The lowest BCUT2D eigenvalue weighted by Gasteiger charge is -2.45. The molecular formula is C23H34N2O3. The molecule has 5 heteroatoms. The van der Waals surface area contributed by atoms with Crippen LogP contribution in [0.2, 0.25) is 0 Å². The largest absolute Gasteiger partial charge is 0.384 e. The van der Waals surface area contributed by atoms with E-state index in [2.05, 4.69) is 29.2 Å². The van der Waals surface area contributed by atoms with Gasteiger partial charge in [0.05, 0.1) is 12.6 Å². The molecule has 2 saturated heterocycles. The maximum atomic E-state index is 13.5. The van der Waals surface area contributed by atoms with E-state index in [-0.39, 0.29) is 11.9 Å². The van der Waals surface area contributed by atoms with Crippen LogP contribution in [-0.4, -0.2) is 67.8 Å². The minimum atomic E-state index is -0.393. The topological polar surface area (TPSA) is 42.0 Å². The molecule has 0 N–H and O–H groups in total. The molecule has 1 aromatic rings. The first-order chi connectivity index (χ1) is 13.8. The summed E-state index contributed by atoms with van der Waals surface area (Å²) in [6.45, 7) is 4.00. The van der Waals surface area contributed by atoms with E-state index in [0.717, 1.165) is 39.1 Å². The summed E-state index contributed by atoms with van der Waals surface area (Å²) < 4.78 is 11.5. The fourth-order valence-corrected chi connectivity index (χ4v) is 5.29. The Morgan fingerprint density at radius 1 is 1.07 bits per heavy atom. The van der Waals surface area contributed by atoms with Gasteiger partial charge in [-0.2, -0.15) is 0 Å². The molecule has 0 spiro atoms. The van der Waals surface area contributed by atoms with Crippen molar-refractivity contribution in [2.45, 2.75) is 56.7 Å². The number of likely N-dealkylation sites (tertiary alicyclic amines) is 1. The van der Waals surface area contributed by atoms with Crippen molar-refractivity contribution in [2.24, 2.45) is 5.92 Å². The maximum absolute atomic E-state index is 13.5. The van der Waals surface area contributed by atoms with Gasteiger partial charge in [0.2, 0.25) is 0 Å². The highest BCUT2D eigenvalue weighted by Crippen LogP contribution is 2.37. The Labute approximate surface area is 169 Å². The van der Waals surface area contributed by atoms with Crippen molar-refractivity contribution in [3.05, 3.63) is 35.9 Å². The molecule has 0 aromatic heterocycles. The molecule has 1 saturated carbocycles. The second-order valence-corrected chi connectivity index (χ2v) is 8.55. The van der Waals surface area contributed by atoms with Crippen molar-refractivity contribution >= 4 is 5.91 Å². The zero-order valence-electron chi connectivity index (χ0n) is 17.1. The van der Waals surface area contributed by atoms with Gasteiger partial charge < -0.3 is 14.4 Å². The predicted octanol–water partition coefficient (Wildman–Crippen LogP) is 3.26. The van der Waals surface area contributed by atoms with Gasteiger partial charge in [-0.1, -0.05) is 43.2 Å². The number of morpholine rings is 1. The summed E-state index contributed by atoms with van der Waals surface area (Å²) in [4.78, 5) is 18.1. The highest BCUT2D eigenvalue weighted by Gasteiger charge is 2.43. The van der Waals surface area contributed by atoms with Crippen LogP contribution in [0.5, 0.6) is 0 Å². The number of amides is 1. The van der Waals surface area contributed by atoms with E-state index in [0.29, 0.717) is 18.6 Å². The SMILES string of the molecule is COCC1CCN(C(=O)[C@@H]2OCCN(C3CCCC3)[C@H]2c2ccccc2)CC1. The van der Waals surface area contributed by atoms with Crippen LogP contribution in [0.25, 0.3) is 0 Å². The molecule has 3 fully saturated rings. The number of hydrogen-bond acceptors (Lipinski definition) is 4. The van der Waals surface area contributed by atoms with Crippen LogP contribution in [0.1, 0.15) is 50.1 Å². The van der Waals surface area contributed by atoms with Crippen molar-refractivity contribution < 1.29 is 14.3 Å².